The number of unbranched alkanes of at least 4 members (excludes halogenated alkanes) is 1. The minimum atomic E-state index is 0. The highest BCUT2D eigenvalue weighted by molar-refractivity contribution is 7.38. The van der Waals surface area contributed by atoms with Gasteiger partial charge in [-0.1, -0.05) is 26.2 Å². The van der Waals surface area contributed by atoms with Crippen molar-refractivity contribution in [2.24, 2.45) is 0 Å². The van der Waals surface area contributed by atoms with Crippen LogP contribution in [0.3, 0.4) is 0 Å². The molecule has 1 fully saturated rings. The summed E-state index contributed by atoms with van der Waals surface area (Å²) in [6, 6.07) is 0. The van der Waals surface area contributed by atoms with Crippen molar-refractivity contribution >= 4 is 21.0 Å². The molecule has 68 valence electrons. The molecule has 1 aliphatic rings. The molecule has 0 bridgehead atoms. The average Bonchev–Trinajstić information content (AvgIpc) is 2.41. The van der Waals surface area contributed by atoms with Gasteiger partial charge in [0.15, 0.2) is 0 Å². The minimum Gasteiger partial charge on any atom is -0.147 e. The Morgan fingerprint density at radius 2 is 1.91 bits per heavy atom. The molecule has 11 heavy (non-hydrogen) atoms. The fraction of sp³-hybridized carbons (Fsp3) is 1.00. The Balaban J connectivity index is 0.000001000. The van der Waals surface area contributed by atoms with Crippen molar-refractivity contribution in [3.05, 3.63) is 0 Å². The Labute approximate surface area is 78.7 Å². The first-order valence-corrected chi connectivity index (χ1v) is 5.95. The van der Waals surface area contributed by atoms with Crippen LogP contribution in [0.5, 0.6) is 0 Å². The summed E-state index contributed by atoms with van der Waals surface area (Å²) in [6.07, 6.45) is 10.5. The molecule has 0 saturated heterocycles. The molecule has 2 heteroatoms. The van der Waals surface area contributed by atoms with Crippen LogP contribution in [-0.4, -0.2) is 11.8 Å². The van der Waals surface area contributed by atoms with Crippen LogP contribution in [0.25, 0.3) is 0 Å². The largest absolute Gasteiger partial charge is 0.147 e. The van der Waals surface area contributed by atoms with E-state index in [0.717, 1.165) is 5.66 Å². The normalized spacial score (nSPS) is 19.4. The van der Waals surface area contributed by atoms with Gasteiger partial charge in [0.2, 0.25) is 0 Å². The number of halogens is 1. The highest BCUT2D eigenvalue weighted by Gasteiger charge is 2.13. The lowest BCUT2D eigenvalue weighted by Crippen LogP contribution is -1.92. The topological polar surface area (TPSA) is 0 Å². The fourth-order valence-corrected chi connectivity index (χ4v) is 3.40. The summed E-state index contributed by atoms with van der Waals surface area (Å²) in [6.45, 7) is 2.29. The lowest BCUT2D eigenvalue weighted by atomic mass is 10.4. The Kier molecular flexibility index (Phi) is 7.86. The van der Waals surface area contributed by atoms with E-state index in [2.05, 4.69) is 6.92 Å². The molecule has 0 N–H and O–H groups in total. The first kappa shape index (κ1) is 11.7. The summed E-state index contributed by atoms with van der Waals surface area (Å²) in [5, 5.41) is 0. The third kappa shape index (κ3) is 5.04. The van der Waals surface area contributed by atoms with E-state index in [9.17, 15) is 0 Å². The van der Waals surface area contributed by atoms with Crippen LogP contribution in [0, 0.1) is 0 Å². The quantitative estimate of drug-likeness (QED) is 0.472. The lowest BCUT2D eigenvalue weighted by molar-refractivity contribution is 0.864. The monoisotopic (exact) mass is 194 g/mol. The highest BCUT2D eigenvalue weighted by Crippen LogP contribution is 2.34. The van der Waals surface area contributed by atoms with Crippen LogP contribution < -0.4 is 0 Å². The Bertz CT molecular complexity index is 79.6. The molecule has 1 unspecified atom stereocenters. The maximum absolute atomic E-state index is 2.29. The van der Waals surface area contributed by atoms with Crippen molar-refractivity contribution in [1.29, 1.82) is 0 Å². The average molecular weight is 195 g/mol. The third-order valence-electron chi connectivity index (χ3n) is 2.32. The van der Waals surface area contributed by atoms with Crippen molar-refractivity contribution in [3.8, 4) is 0 Å². The second-order valence-corrected chi connectivity index (χ2v) is 5.01. The molecule has 0 aliphatic heterocycles. The predicted octanol–water partition coefficient (Wildman–Crippen LogP) is 3.83. The van der Waals surface area contributed by atoms with Crippen molar-refractivity contribution in [2.75, 3.05) is 6.16 Å². The Morgan fingerprint density at radius 3 is 2.45 bits per heavy atom. The zero-order chi connectivity index (χ0) is 7.23. The van der Waals surface area contributed by atoms with E-state index in [1.807, 2.05) is 0 Å². The van der Waals surface area contributed by atoms with E-state index in [0.29, 0.717) is 0 Å². The van der Waals surface area contributed by atoms with Gasteiger partial charge in [-0.2, -0.15) is 0 Å². The maximum atomic E-state index is 2.29. The third-order valence-corrected chi connectivity index (χ3v) is 4.12. The van der Waals surface area contributed by atoms with E-state index in [1.165, 1.54) is 40.4 Å². The van der Waals surface area contributed by atoms with E-state index in [4.69, 9.17) is 0 Å². The van der Waals surface area contributed by atoms with Gasteiger partial charge in [-0.3, -0.25) is 0 Å². The summed E-state index contributed by atoms with van der Waals surface area (Å²) < 4.78 is 0. The van der Waals surface area contributed by atoms with Crippen LogP contribution in [0.15, 0.2) is 0 Å². The van der Waals surface area contributed by atoms with Crippen molar-refractivity contribution in [3.63, 3.8) is 0 Å². The van der Waals surface area contributed by atoms with Gasteiger partial charge in [0.05, 0.1) is 0 Å². The Morgan fingerprint density at radius 1 is 1.27 bits per heavy atom. The van der Waals surface area contributed by atoms with Gasteiger partial charge in [0.25, 0.3) is 0 Å². The lowest BCUT2D eigenvalue weighted by Gasteiger charge is -2.06. The fourth-order valence-electron chi connectivity index (χ4n) is 1.61. The molecule has 1 rings (SSSR count). The van der Waals surface area contributed by atoms with E-state index < -0.39 is 0 Å². The van der Waals surface area contributed by atoms with Crippen LogP contribution in [0.1, 0.15) is 45.4 Å². The summed E-state index contributed by atoms with van der Waals surface area (Å²) in [5.41, 5.74) is 1.14. The zero-order valence-corrected chi connectivity index (χ0v) is 9.25. The number of hydrogen-bond acceptors (Lipinski definition) is 0. The summed E-state index contributed by atoms with van der Waals surface area (Å²) in [5.74, 6) is 0. The first-order valence-electron chi connectivity index (χ1n) is 4.67. The molecule has 0 heterocycles. The van der Waals surface area contributed by atoms with Crippen molar-refractivity contribution in [2.45, 2.75) is 51.1 Å². The van der Waals surface area contributed by atoms with Crippen LogP contribution in [-0.2, 0) is 0 Å². The van der Waals surface area contributed by atoms with E-state index in [-0.39, 0.29) is 12.4 Å². The second-order valence-electron chi connectivity index (χ2n) is 3.29. The molecular formula is C9H20ClP. The molecule has 0 aromatic heterocycles. The van der Waals surface area contributed by atoms with Gasteiger partial charge in [0, 0.05) is 0 Å². The van der Waals surface area contributed by atoms with Gasteiger partial charge in [-0.05, 0) is 31.1 Å². The van der Waals surface area contributed by atoms with Crippen LogP contribution in [0.4, 0.5) is 0 Å². The molecule has 0 amide bonds. The molecule has 0 radical (unpaired) electrons. The zero-order valence-electron chi connectivity index (χ0n) is 7.44. The van der Waals surface area contributed by atoms with E-state index in [1.54, 1.807) is 12.8 Å². The first-order chi connectivity index (χ1) is 4.93. The summed E-state index contributed by atoms with van der Waals surface area (Å²) in [4.78, 5) is 0. The minimum absolute atomic E-state index is 0. The molecule has 0 aromatic carbocycles. The van der Waals surface area contributed by atoms with E-state index >= 15 is 0 Å². The van der Waals surface area contributed by atoms with Crippen LogP contribution in [0.2, 0.25) is 0 Å². The van der Waals surface area contributed by atoms with Gasteiger partial charge in [-0.25, -0.2) is 0 Å². The van der Waals surface area contributed by atoms with Gasteiger partial charge in [0.1, 0.15) is 0 Å². The van der Waals surface area contributed by atoms with Gasteiger partial charge >= 0.3 is 0 Å². The predicted molar refractivity (Wildman–Crippen MR) is 57.6 cm³/mol. The second kappa shape index (κ2) is 7.37. The van der Waals surface area contributed by atoms with Gasteiger partial charge in [-0.15, -0.1) is 21.0 Å². The molecular weight excluding hydrogens is 175 g/mol. The summed E-state index contributed by atoms with van der Waals surface area (Å²) in [7, 11) is 1.29. The molecule has 1 atom stereocenters. The molecule has 0 aromatic rings. The standard InChI is InChI=1S/C9H19P.ClH/c1-2-3-8-10-9-6-4-5-7-9;/h9-10H,2-8H2,1H3;1H. The van der Waals surface area contributed by atoms with Crippen LogP contribution >= 0.6 is 21.0 Å². The molecule has 0 spiro atoms. The number of hydrogen-bond donors (Lipinski definition) is 0. The SMILES string of the molecule is CCCCPC1CCCC1.Cl. The smallest absolute Gasteiger partial charge is 0.0237 e. The maximum Gasteiger partial charge on any atom is -0.0237 e. The van der Waals surface area contributed by atoms with Crippen molar-refractivity contribution in [1.82, 2.24) is 0 Å². The summed E-state index contributed by atoms with van der Waals surface area (Å²) >= 11 is 0. The van der Waals surface area contributed by atoms with Crippen molar-refractivity contribution < 1.29 is 0 Å². The molecule has 1 aliphatic carbocycles. The molecule has 1 saturated carbocycles. The Hall–Kier alpha value is 0.720. The number of rotatable bonds is 4. The molecule has 0 nitrogen and oxygen atoms in total. The van der Waals surface area contributed by atoms with Gasteiger partial charge < -0.3 is 0 Å². The highest BCUT2D eigenvalue weighted by atomic mass is 35.5.